The number of nitrogens with two attached hydrogens (primary N) is 1. The Labute approximate surface area is 123 Å². The topological polar surface area (TPSA) is 72.2 Å². The number of rotatable bonds is 4. The average Bonchev–Trinajstić information content (AvgIpc) is 2.70. The molecule has 106 valence electrons. The zero-order valence-corrected chi connectivity index (χ0v) is 12.6. The van der Waals surface area contributed by atoms with Gasteiger partial charge in [0.1, 0.15) is 0 Å². The van der Waals surface area contributed by atoms with Gasteiger partial charge in [0.2, 0.25) is 0 Å². The highest BCUT2D eigenvalue weighted by molar-refractivity contribution is 7.91. The molecule has 0 spiro atoms. The Balaban J connectivity index is 2.15. The lowest BCUT2D eigenvalue weighted by molar-refractivity contribution is 0.421. The highest BCUT2D eigenvalue weighted by Crippen LogP contribution is 2.34. The van der Waals surface area contributed by atoms with E-state index in [9.17, 15) is 8.42 Å². The summed E-state index contributed by atoms with van der Waals surface area (Å²) in [6.07, 6.45) is 1.31. The Morgan fingerprint density at radius 3 is 2.74 bits per heavy atom. The first-order valence-corrected chi connectivity index (χ1v) is 8.61. The first-order valence-electron chi connectivity index (χ1n) is 6.03. The molecule has 1 aromatic rings. The van der Waals surface area contributed by atoms with Gasteiger partial charge in [-0.3, -0.25) is 11.3 Å². The highest BCUT2D eigenvalue weighted by atomic mass is 35.5. The Morgan fingerprint density at radius 1 is 1.42 bits per heavy atom. The van der Waals surface area contributed by atoms with Crippen molar-refractivity contribution < 1.29 is 8.42 Å². The molecule has 0 aliphatic carbocycles. The number of halogens is 2. The smallest absolute Gasteiger partial charge is 0.150 e. The summed E-state index contributed by atoms with van der Waals surface area (Å²) in [6.45, 7) is 0. The van der Waals surface area contributed by atoms with Gasteiger partial charge in [0.05, 0.1) is 21.6 Å². The molecule has 0 aromatic heterocycles. The van der Waals surface area contributed by atoms with Crippen molar-refractivity contribution in [1.82, 2.24) is 5.43 Å². The fourth-order valence-electron chi connectivity index (χ4n) is 2.47. The quantitative estimate of drug-likeness (QED) is 0.659. The van der Waals surface area contributed by atoms with Gasteiger partial charge in [-0.2, -0.15) is 0 Å². The Hall–Kier alpha value is -0.330. The van der Waals surface area contributed by atoms with Gasteiger partial charge in [0, 0.05) is 6.04 Å². The van der Waals surface area contributed by atoms with E-state index >= 15 is 0 Å². The summed E-state index contributed by atoms with van der Waals surface area (Å²) in [7, 11) is -2.88. The van der Waals surface area contributed by atoms with E-state index in [0.717, 1.165) is 5.56 Å². The van der Waals surface area contributed by atoms with Crippen LogP contribution in [0.4, 0.5) is 0 Å². The van der Waals surface area contributed by atoms with Crippen molar-refractivity contribution in [1.29, 1.82) is 0 Å². The largest absolute Gasteiger partial charge is 0.271 e. The number of nitrogens with one attached hydrogen (secondary N) is 1. The molecule has 1 aliphatic heterocycles. The van der Waals surface area contributed by atoms with Crippen molar-refractivity contribution in [2.24, 2.45) is 11.8 Å². The maximum absolute atomic E-state index is 11.5. The summed E-state index contributed by atoms with van der Waals surface area (Å²) in [5.74, 6) is 6.17. The van der Waals surface area contributed by atoms with Gasteiger partial charge in [0.25, 0.3) is 0 Å². The fraction of sp³-hybridized carbons (Fsp3) is 0.500. The zero-order valence-electron chi connectivity index (χ0n) is 10.3. The third-order valence-electron chi connectivity index (χ3n) is 3.45. The second-order valence-electron chi connectivity index (χ2n) is 4.87. The first kappa shape index (κ1) is 15.1. The van der Waals surface area contributed by atoms with Crippen LogP contribution in [-0.4, -0.2) is 19.9 Å². The standard InChI is InChI=1S/C12H16Cl2N2O2S/c13-10-3-1-2-9(12(10)14)11(16-15)6-8-4-5-19(17,18)7-8/h1-3,8,11,16H,4-7,15H2. The van der Waals surface area contributed by atoms with Gasteiger partial charge in [0.15, 0.2) is 9.84 Å². The molecule has 1 aliphatic rings. The van der Waals surface area contributed by atoms with E-state index in [4.69, 9.17) is 29.0 Å². The molecule has 3 N–H and O–H groups in total. The lowest BCUT2D eigenvalue weighted by Gasteiger charge is -2.21. The van der Waals surface area contributed by atoms with Crippen LogP contribution < -0.4 is 11.3 Å². The van der Waals surface area contributed by atoms with Crippen LogP contribution >= 0.6 is 23.2 Å². The molecule has 7 heteroatoms. The molecule has 1 aromatic carbocycles. The van der Waals surface area contributed by atoms with Crippen LogP contribution in [0.5, 0.6) is 0 Å². The molecular formula is C12H16Cl2N2O2S. The van der Waals surface area contributed by atoms with Crippen molar-refractivity contribution in [3.05, 3.63) is 33.8 Å². The molecule has 1 fully saturated rings. The van der Waals surface area contributed by atoms with Gasteiger partial charge in [-0.25, -0.2) is 8.42 Å². The number of hydrazine groups is 1. The van der Waals surface area contributed by atoms with Crippen molar-refractivity contribution >= 4 is 33.0 Å². The van der Waals surface area contributed by atoms with E-state index in [2.05, 4.69) is 5.43 Å². The molecular weight excluding hydrogens is 307 g/mol. The number of hydrogen-bond donors (Lipinski definition) is 2. The number of sulfone groups is 1. The number of hydrogen-bond acceptors (Lipinski definition) is 4. The Kier molecular flexibility index (Phi) is 4.74. The van der Waals surface area contributed by atoms with Gasteiger partial charge in [-0.15, -0.1) is 0 Å². The van der Waals surface area contributed by atoms with E-state index in [-0.39, 0.29) is 23.5 Å². The van der Waals surface area contributed by atoms with Gasteiger partial charge < -0.3 is 0 Å². The van der Waals surface area contributed by atoms with E-state index in [1.54, 1.807) is 12.1 Å². The molecule has 0 bridgehead atoms. The SMILES string of the molecule is NNC(CC1CCS(=O)(=O)C1)c1cccc(Cl)c1Cl. The van der Waals surface area contributed by atoms with Crippen molar-refractivity contribution in [3.8, 4) is 0 Å². The molecule has 19 heavy (non-hydrogen) atoms. The van der Waals surface area contributed by atoms with Gasteiger partial charge in [-0.1, -0.05) is 35.3 Å². The Morgan fingerprint density at radius 2 is 2.16 bits per heavy atom. The maximum atomic E-state index is 11.5. The molecule has 2 rings (SSSR count). The third-order valence-corrected chi connectivity index (χ3v) is 6.12. The predicted octanol–water partition coefficient (Wildman–Crippen LogP) is 2.32. The van der Waals surface area contributed by atoms with Crippen LogP contribution in [0, 0.1) is 5.92 Å². The van der Waals surface area contributed by atoms with Crippen LogP contribution in [0.3, 0.4) is 0 Å². The summed E-state index contributed by atoms with van der Waals surface area (Å²) in [5.41, 5.74) is 3.51. The van der Waals surface area contributed by atoms with Crippen molar-refractivity contribution in [2.45, 2.75) is 18.9 Å². The van der Waals surface area contributed by atoms with E-state index in [0.29, 0.717) is 22.9 Å². The minimum absolute atomic E-state index is 0.112. The Bertz CT molecular complexity index is 563. The minimum atomic E-state index is -2.88. The zero-order chi connectivity index (χ0) is 14.0. The average molecular weight is 323 g/mol. The van der Waals surface area contributed by atoms with Crippen LogP contribution in [0.2, 0.25) is 10.0 Å². The van der Waals surface area contributed by atoms with Gasteiger partial charge >= 0.3 is 0 Å². The van der Waals surface area contributed by atoms with Crippen molar-refractivity contribution in [2.75, 3.05) is 11.5 Å². The summed E-state index contributed by atoms with van der Waals surface area (Å²) in [5, 5.41) is 0.937. The summed E-state index contributed by atoms with van der Waals surface area (Å²) < 4.78 is 22.9. The summed E-state index contributed by atoms with van der Waals surface area (Å²) in [4.78, 5) is 0. The lowest BCUT2D eigenvalue weighted by atomic mass is 9.94. The molecule has 0 radical (unpaired) electrons. The first-order chi connectivity index (χ1) is 8.93. The van der Waals surface area contributed by atoms with E-state index in [1.807, 2.05) is 6.07 Å². The van der Waals surface area contributed by atoms with E-state index < -0.39 is 9.84 Å². The maximum Gasteiger partial charge on any atom is 0.150 e. The molecule has 4 nitrogen and oxygen atoms in total. The predicted molar refractivity (Wildman–Crippen MR) is 77.9 cm³/mol. The molecule has 2 atom stereocenters. The number of benzene rings is 1. The molecule has 0 amide bonds. The second kappa shape index (κ2) is 5.97. The van der Waals surface area contributed by atoms with Gasteiger partial charge in [-0.05, 0) is 30.4 Å². The van der Waals surface area contributed by atoms with Crippen LogP contribution in [-0.2, 0) is 9.84 Å². The minimum Gasteiger partial charge on any atom is -0.271 e. The second-order valence-corrected chi connectivity index (χ2v) is 7.88. The molecule has 0 saturated carbocycles. The van der Waals surface area contributed by atoms with Crippen LogP contribution in [0.1, 0.15) is 24.4 Å². The molecule has 2 unspecified atom stereocenters. The van der Waals surface area contributed by atoms with E-state index in [1.165, 1.54) is 0 Å². The summed E-state index contributed by atoms with van der Waals surface area (Å²) in [6, 6.07) is 5.17. The van der Waals surface area contributed by atoms with Crippen LogP contribution in [0.15, 0.2) is 18.2 Å². The normalized spacial score (nSPS) is 23.4. The van der Waals surface area contributed by atoms with Crippen molar-refractivity contribution in [3.63, 3.8) is 0 Å². The highest BCUT2D eigenvalue weighted by Gasteiger charge is 2.30. The molecule has 1 heterocycles. The fourth-order valence-corrected chi connectivity index (χ4v) is 4.79. The van der Waals surface area contributed by atoms with Crippen LogP contribution in [0.25, 0.3) is 0 Å². The lowest BCUT2D eigenvalue weighted by Crippen LogP contribution is -2.30. The monoisotopic (exact) mass is 322 g/mol. The third kappa shape index (κ3) is 3.61. The summed E-state index contributed by atoms with van der Waals surface area (Å²) >= 11 is 12.1. The molecule has 1 saturated heterocycles.